The second kappa shape index (κ2) is 7.14. The van der Waals surface area contributed by atoms with Crippen LogP contribution in [0.5, 0.6) is 0 Å². The second-order valence-corrected chi connectivity index (χ2v) is 11.3. The van der Waals surface area contributed by atoms with Gasteiger partial charge >= 0.3 is 5.69 Å². The molecule has 0 aromatic carbocycles. The SMILES string of the molecule is N#Cc1c(NC(=O)c2nn(C34CC5CC(CC(C5)C3)C4)cc2[N+](=O)[O-])sc2c1CCCC2. The molecule has 0 unspecified atom stereocenters. The lowest BCUT2D eigenvalue weighted by Gasteiger charge is -2.56. The summed E-state index contributed by atoms with van der Waals surface area (Å²) >= 11 is 1.42. The number of aromatic nitrogens is 2. The van der Waals surface area contributed by atoms with Crippen molar-refractivity contribution in [2.75, 3.05) is 5.32 Å². The number of carbonyl (C=O) groups excluding carboxylic acids is 1. The maximum absolute atomic E-state index is 13.2. The summed E-state index contributed by atoms with van der Waals surface area (Å²) in [5, 5.41) is 29.3. The highest BCUT2D eigenvalue weighted by Crippen LogP contribution is 2.58. The van der Waals surface area contributed by atoms with Gasteiger partial charge in [0, 0.05) is 4.88 Å². The van der Waals surface area contributed by atoms with E-state index in [9.17, 15) is 20.2 Å². The van der Waals surface area contributed by atoms with Gasteiger partial charge in [0.2, 0.25) is 5.69 Å². The van der Waals surface area contributed by atoms with Gasteiger partial charge in [-0.1, -0.05) is 0 Å². The number of nitrogens with zero attached hydrogens (tertiary/aromatic N) is 4. The number of rotatable bonds is 4. The number of fused-ring (bicyclic) bond motifs is 1. The first-order valence-electron chi connectivity index (χ1n) is 11.6. The Balaban J connectivity index is 1.34. The van der Waals surface area contributed by atoms with Gasteiger partial charge in [-0.3, -0.25) is 19.6 Å². The summed E-state index contributed by atoms with van der Waals surface area (Å²) < 4.78 is 1.76. The number of aryl methyl sites for hydroxylation is 1. The van der Waals surface area contributed by atoms with E-state index in [0.717, 1.165) is 55.4 Å². The summed E-state index contributed by atoms with van der Waals surface area (Å²) in [6, 6.07) is 2.23. The summed E-state index contributed by atoms with van der Waals surface area (Å²) in [5.41, 5.74) is 0.922. The molecule has 9 heteroatoms. The van der Waals surface area contributed by atoms with Crippen LogP contribution in [0.15, 0.2) is 6.20 Å². The van der Waals surface area contributed by atoms with Gasteiger partial charge in [-0.05, 0) is 87.5 Å². The number of carbonyl (C=O) groups is 1. The van der Waals surface area contributed by atoms with Gasteiger partial charge in [0.05, 0.1) is 16.0 Å². The third-order valence-corrected chi connectivity index (χ3v) is 9.32. The number of anilines is 1. The van der Waals surface area contributed by atoms with E-state index in [4.69, 9.17) is 0 Å². The van der Waals surface area contributed by atoms with E-state index in [2.05, 4.69) is 16.5 Å². The van der Waals surface area contributed by atoms with Crippen LogP contribution in [0, 0.1) is 39.2 Å². The molecule has 4 bridgehead atoms. The highest BCUT2D eigenvalue weighted by Gasteiger charge is 2.53. The van der Waals surface area contributed by atoms with Gasteiger partial charge in [0.25, 0.3) is 5.91 Å². The molecule has 5 aliphatic carbocycles. The van der Waals surface area contributed by atoms with E-state index in [1.54, 1.807) is 4.68 Å². The van der Waals surface area contributed by atoms with Crippen molar-refractivity contribution in [3.05, 3.63) is 38.0 Å². The van der Waals surface area contributed by atoms with Crippen LogP contribution >= 0.6 is 11.3 Å². The number of nitro groups is 1. The van der Waals surface area contributed by atoms with Crippen LogP contribution in [0.25, 0.3) is 0 Å². The molecule has 2 aromatic rings. The first kappa shape index (κ1) is 19.9. The number of thiophene rings is 1. The summed E-state index contributed by atoms with van der Waals surface area (Å²) in [7, 11) is 0. The Morgan fingerprint density at radius 3 is 2.50 bits per heavy atom. The fourth-order valence-corrected chi connectivity index (χ4v) is 8.42. The molecule has 2 aromatic heterocycles. The van der Waals surface area contributed by atoms with Crippen LogP contribution in [0.3, 0.4) is 0 Å². The maximum Gasteiger partial charge on any atom is 0.320 e. The lowest BCUT2D eigenvalue weighted by molar-refractivity contribution is -0.385. The monoisotopic (exact) mass is 451 g/mol. The minimum atomic E-state index is -0.602. The molecule has 166 valence electrons. The Kier molecular flexibility index (Phi) is 4.44. The highest BCUT2D eigenvalue weighted by molar-refractivity contribution is 7.16. The number of hydrogen-bond donors (Lipinski definition) is 1. The Hall–Kier alpha value is -2.73. The zero-order chi connectivity index (χ0) is 22.0. The lowest BCUT2D eigenvalue weighted by atomic mass is 9.53. The molecule has 5 aliphatic rings. The van der Waals surface area contributed by atoms with Crippen molar-refractivity contribution in [1.82, 2.24) is 9.78 Å². The minimum Gasteiger partial charge on any atom is -0.311 e. The molecule has 1 N–H and O–H groups in total. The molecule has 7 rings (SSSR count). The van der Waals surface area contributed by atoms with Gasteiger partial charge in [-0.25, -0.2) is 0 Å². The largest absolute Gasteiger partial charge is 0.320 e. The van der Waals surface area contributed by atoms with Crippen molar-refractivity contribution >= 4 is 27.9 Å². The zero-order valence-electron chi connectivity index (χ0n) is 17.8. The van der Waals surface area contributed by atoms with Gasteiger partial charge in [-0.2, -0.15) is 10.4 Å². The molecule has 32 heavy (non-hydrogen) atoms. The number of nitrogens with one attached hydrogen (secondary N) is 1. The summed E-state index contributed by atoms with van der Waals surface area (Å²) in [6.45, 7) is 0. The smallest absolute Gasteiger partial charge is 0.311 e. The third kappa shape index (κ3) is 2.99. The van der Waals surface area contributed by atoms with Crippen molar-refractivity contribution in [3.8, 4) is 6.07 Å². The normalized spacial score (nSPS) is 30.0. The summed E-state index contributed by atoms with van der Waals surface area (Å²) in [6.07, 6.45) is 12.1. The number of nitriles is 1. The summed E-state index contributed by atoms with van der Waals surface area (Å²) in [5.74, 6) is 1.39. The van der Waals surface area contributed by atoms with Gasteiger partial charge < -0.3 is 5.32 Å². The first-order valence-corrected chi connectivity index (χ1v) is 12.4. The Morgan fingerprint density at radius 2 is 1.88 bits per heavy atom. The fourth-order valence-electron chi connectivity index (χ4n) is 7.18. The second-order valence-electron chi connectivity index (χ2n) is 10.2. The van der Waals surface area contributed by atoms with Gasteiger partial charge in [-0.15, -0.1) is 11.3 Å². The van der Waals surface area contributed by atoms with Crippen molar-refractivity contribution in [1.29, 1.82) is 5.26 Å². The molecular formula is C23H25N5O3S. The molecule has 2 heterocycles. The Labute approximate surface area is 189 Å². The molecule has 0 atom stereocenters. The van der Waals surface area contributed by atoms with Crippen LogP contribution in [-0.2, 0) is 18.4 Å². The van der Waals surface area contributed by atoms with E-state index in [1.165, 1.54) is 36.8 Å². The van der Waals surface area contributed by atoms with Crippen LogP contribution in [0.4, 0.5) is 10.7 Å². The summed E-state index contributed by atoms with van der Waals surface area (Å²) in [4.78, 5) is 25.6. The van der Waals surface area contributed by atoms with Crippen molar-refractivity contribution < 1.29 is 9.72 Å². The molecule has 0 aliphatic heterocycles. The van der Waals surface area contributed by atoms with Crippen LogP contribution in [0.1, 0.15) is 77.9 Å². The predicted octanol–water partition coefficient (Wildman–Crippen LogP) is 4.78. The molecule has 0 radical (unpaired) electrons. The zero-order valence-corrected chi connectivity index (χ0v) is 18.6. The first-order chi connectivity index (χ1) is 15.5. The quantitative estimate of drug-likeness (QED) is 0.531. The topological polar surface area (TPSA) is 114 Å². The van der Waals surface area contributed by atoms with Crippen LogP contribution in [-0.4, -0.2) is 20.6 Å². The van der Waals surface area contributed by atoms with Crippen LogP contribution < -0.4 is 5.32 Å². The third-order valence-electron chi connectivity index (χ3n) is 8.11. The molecule has 4 fully saturated rings. The number of hydrogen-bond acceptors (Lipinski definition) is 6. The maximum atomic E-state index is 13.2. The lowest BCUT2D eigenvalue weighted by Crippen LogP contribution is -2.52. The van der Waals surface area contributed by atoms with E-state index in [1.807, 2.05) is 0 Å². The fraction of sp³-hybridized carbons (Fsp3) is 0.609. The van der Waals surface area contributed by atoms with Gasteiger partial charge in [0.1, 0.15) is 17.3 Å². The van der Waals surface area contributed by atoms with Gasteiger partial charge in [0.15, 0.2) is 0 Å². The molecular weight excluding hydrogens is 426 g/mol. The highest BCUT2D eigenvalue weighted by atomic mass is 32.1. The number of amides is 1. The van der Waals surface area contributed by atoms with E-state index >= 15 is 0 Å². The molecule has 0 saturated heterocycles. The molecule has 1 amide bonds. The van der Waals surface area contributed by atoms with Crippen molar-refractivity contribution in [3.63, 3.8) is 0 Å². The minimum absolute atomic E-state index is 0.152. The molecule has 4 saturated carbocycles. The van der Waals surface area contributed by atoms with Crippen molar-refractivity contribution in [2.24, 2.45) is 17.8 Å². The molecule has 0 spiro atoms. The molecule has 8 nitrogen and oxygen atoms in total. The standard InChI is InChI=1S/C23H25N5O3S/c24-11-17-16-3-1-2-4-19(16)32-22(17)25-21(29)20-18(28(30)31)12-27(26-20)23-8-13-5-14(9-23)7-15(6-13)10-23/h12-15H,1-10H2,(H,25,29). The average Bonchev–Trinajstić information content (AvgIpc) is 3.35. The van der Waals surface area contributed by atoms with Crippen LogP contribution in [0.2, 0.25) is 0 Å². The van der Waals surface area contributed by atoms with E-state index in [0.29, 0.717) is 28.3 Å². The van der Waals surface area contributed by atoms with E-state index < -0.39 is 10.8 Å². The predicted molar refractivity (Wildman–Crippen MR) is 119 cm³/mol. The van der Waals surface area contributed by atoms with Crippen molar-refractivity contribution in [2.45, 2.75) is 69.7 Å². The Bertz CT molecular complexity index is 1140. The van der Waals surface area contributed by atoms with E-state index in [-0.39, 0.29) is 16.9 Å². The Morgan fingerprint density at radius 1 is 1.22 bits per heavy atom. The average molecular weight is 452 g/mol.